The van der Waals surface area contributed by atoms with Gasteiger partial charge in [-0.1, -0.05) is 60.7 Å². The second-order valence-electron chi connectivity index (χ2n) is 7.19. The molecule has 0 amide bonds. The molecule has 5 aromatic rings. The third-order valence-corrected chi connectivity index (χ3v) is 5.41. The number of fused-ring (bicyclic) bond motifs is 3. The topological polar surface area (TPSA) is 26.3 Å². The fraction of sp³-hybridized carbons (Fsp3) is 0.0741. The molecule has 0 aliphatic carbocycles. The third-order valence-electron chi connectivity index (χ3n) is 5.41. The number of esters is 1. The summed E-state index contributed by atoms with van der Waals surface area (Å²) >= 11 is 0. The molecule has 0 saturated carbocycles. The predicted molar refractivity (Wildman–Crippen MR) is 120 cm³/mol. The van der Waals surface area contributed by atoms with Gasteiger partial charge in [0, 0.05) is 0 Å². The quantitative estimate of drug-likeness (QED) is 0.250. The molecule has 0 radical (unpaired) electrons. The van der Waals surface area contributed by atoms with Crippen molar-refractivity contribution < 1.29 is 9.53 Å². The Labute approximate surface area is 169 Å². The third kappa shape index (κ3) is 3.03. The highest BCUT2D eigenvalue weighted by Gasteiger charge is 2.12. The van der Waals surface area contributed by atoms with Crippen molar-refractivity contribution in [3.8, 4) is 11.1 Å². The van der Waals surface area contributed by atoms with Crippen LogP contribution in [-0.4, -0.2) is 12.6 Å². The van der Waals surface area contributed by atoms with Crippen molar-refractivity contribution in [1.29, 1.82) is 0 Å². The van der Waals surface area contributed by atoms with Crippen LogP contribution in [0.2, 0.25) is 0 Å². The Morgan fingerprint density at radius 3 is 2.03 bits per heavy atom. The molecular weight excluding hydrogens is 356 g/mol. The van der Waals surface area contributed by atoms with E-state index < -0.39 is 0 Å². The van der Waals surface area contributed by atoms with Gasteiger partial charge in [0.15, 0.2) is 0 Å². The van der Waals surface area contributed by atoms with Crippen LogP contribution < -0.4 is 0 Å². The van der Waals surface area contributed by atoms with Crippen LogP contribution in [0.4, 0.5) is 0 Å². The molecule has 2 heteroatoms. The Bertz CT molecular complexity index is 1360. The Balaban J connectivity index is 1.80. The first-order valence-electron chi connectivity index (χ1n) is 9.86. The van der Waals surface area contributed by atoms with E-state index >= 15 is 0 Å². The van der Waals surface area contributed by atoms with Crippen LogP contribution in [0.3, 0.4) is 0 Å². The number of ether oxygens (including phenoxy) is 1. The van der Waals surface area contributed by atoms with Gasteiger partial charge in [-0.3, -0.25) is 0 Å². The lowest BCUT2D eigenvalue weighted by atomic mass is 9.90. The van der Waals surface area contributed by atoms with E-state index in [2.05, 4.69) is 66.7 Å². The molecule has 5 aromatic carbocycles. The molecule has 0 heterocycles. The highest BCUT2D eigenvalue weighted by Crippen LogP contribution is 2.38. The minimum Gasteiger partial charge on any atom is -0.462 e. The maximum atomic E-state index is 12.0. The van der Waals surface area contributed by atoms with E-state index in [1.165, 1.54) is 37.9 Å². The van der Waals surface area contributed by atoms with Gasteiger partial charge in [-0.25, -0.2) is 4.79 Å². The SMILES string of the molecule is CCOC(=O)c1ccc(-c2c3ccccc3cc3cc4ccccc4cc23)cc1. The zero-order chi connectivity index (χ0) is 19.8. The van der Waals surface area contributed by atoms with E-state index in [9.17, 15) is 4.79 Å². The van der Waals surface area contributed by atoms with Crippen molar-refractivity contribution in [3.05, 3.63) is 96.6 Å². The number of hydrogen-bond acceptors (Lipinski definition) is 2. The highest BCUT2D eigenvalue weighted by molar-refractivity contribution is 6.15. The first kappa shape index (κ1) is 17.4. The Kier molecular flexibility index (Phi) is 4.25. The van der Waals surface area contributed by atoms with Crippen LogP contribution >= 0.6 is 0 Å². The molecule has 29 heavy (non-hydrogen) atoms. The van der Waals surface area contributed by atoms with Crippen molar-refractivity contribution in [1.82, 2.24) is 0 Å². The van der Waals surface area contributed by atoms with Gasteiger partial charge in [0.2, 0.25) is 0 Å². The summed E-state index contributed by atoms with van der Waals surface area (Å²) in [4.78, 5) is 12.0. The largest absolute Gasteiger partial charge is 0.462 e. The molecule has 140 valence electrons. The highest BCUT2D eigenvalue weighted by atomic mass is 16.5. The van der Waals surface area contributed by atoms with Gasteiger partial charge in [-0.2, -0.15) is 0 Å². The monoisotopic (exact) mass is 376 g/mol. The number of carbonyl (C=O) groups is 1. The fourth-order valence-electron chi connectivity index (χ4n) is 4.06. The second kappa shape index (κ2) is 7.06. The van der Waals surface area contributed by atoms with Crippen LogP contribution in [0, 0.1) is 0 Å². The van der Waals surface area contributed by atoms with Crippen LogP contribution in [0.25, 0.3) is 43.4 Å². The molecule has 0 aromatic heterocycles. The van der Waals surface area contributed by atoms with Crippen molar-refractivity contribution >= 4 is 38.3 Å². The van der Waals surface area contributed by atoms with Gasteiger partial charge in [-0.05, 0) is 80.7 Å². The van der Waals surface area contributed by atoms with Crippen LogP contribution in [-0.2, 0) is 4.74 Å². The number of rotatable bonds is 3. The predicted octanol–water partition coefficient (Wildman–Crippen LogP) is 6.99. The fourth-order valence-corrected chi connectivity index (χ4v) is 4.06. The van der Waals surface area contributed by atoms with Gasteiger partial charge >= 0.3 is 5.97 Å². The number of benzene rings is 5. The maximum Gasteiger partial charge on any atom is 0.338 e. The molecule has 0 spiro atoms. The number of hydrogen-bond donors (Lipinski definition) is 0. The van der Waals surface area contributed by atoms with Gasteiger partial charge in [-0.15, -0.1) is 0 Å². The van der Waals surface area contributed by atoms with Crippen LogP contribution in [0.5, 0.6) is 0 Å². The normalized spacial score (nSPS) is 11.2. The van der Waals surface area contributed by atoms with Gasteiger partial charge in [0.1, 0.15) is 0 Å². The Morgan fingerprint density at radius 1 is 0.690 bits per heavy atom. The summed E-state index contributed by atoms with van der Waals surface area (Å²) in [5.74, 6) is -0.284. The van der Waals surface area contributed by atoms with E-state index in [-0.39, 0.29) is 5.97 Å². The van der Waals surface area contributed by atoms with Crippen molar-refractivity contribution in [2.75, 3.05) is 6.61 Å². The lowest BCUT2D eigenvalue weighted by Gasteiger charge is -2.14. The van der Waals surface area contributed by atoms with Crippen molar-refractivity contribution in [2.24, 2.45) is 0 Å². The van der Waals surface area contributed by atoms with Gasteiger partial charge < -0.3 is 4.74 Å². The summed E-state index contributed by atoms with van der Waals surface area (Å²) in [5, 5.41) is 7.30. The molecule has 5 rings (SSSR count). The van der Waals surface area contributed by atoms with E-state index in [1.54, 1.807) is 0 Å². The summed E-state index contributed by atoms with van der Waals surface area (Å²) in [6, 6.07) is 31.4. The molecule has 0 fully saturated rings. The summed E-state index contributed by atoms with van der Waals surface area (Å²) in [6.07, 6.45) is 0. The van der Waals surface area contributed by atoms with Crippen LogP contribution in [0.1, 0.15) is 17.3 Å². The average Bonchev–Trinajstić information content (AvgIpc) is 2.76. The Morgan fingerprint density at radius 2 is 1.31 bits per heavy atom. The van der Waals surface area contributed by atoms with Gasteiger partial charge in [0.05, 0.1) is 12.2 Å². The molecule has 0 aliphatic heterocycles. The van der Waals surface area contributed by atoms with Crippen LogP contribution in [0.15, 0.2) is 91.0 Å². The minimum absolute atomic E-state index is 0.284. The van der Waals surface area contributed by atoms with E-state index in [0.29, 0.717) is 12.2 Å². The van der Waals surface area contributed by atoms with E-state index in [1.807, 2.05) is 31.2 Å². The lowest BCUT2D eigenvalue weighted by Crippen LogP contribution is -2.04. The molecule has 0 aliphatic rings. The smallest absolute Gasteiger partial charge is 0.338 e. The first-order chi connectivity index (χ1) is 14.2. The van der Waals surface area contributed by atoms with E-state index in [0.717, 1.165) is 5.56 Å². The number of carbonyl (C=O) groups excluding carboxylic acids is 1. The van der Waals surface area contributed by atoms with Crippen molar-refractivity contribution in [2.45, 2.75) is 6.92 Å². The molecule has 2 nitrogen and oxygen atoms in total. The van der Waals surface area contributed by atoms with Gasteiger partial charge in [0.25, 0.3) is 0 Å². The average molecular weight is 376 g/mol. The van der Waals surface area contributed by atoms with Crippen molar-refractivity contribution in [3.63, 3.8) is 0 Å². The second-order valence-corrected chi connectivity index (χ2v) is 7.19. The standard InChI is InChI=1S/C27H20O2/c1-2-29-27(28)19-13-11-18(12-14-19)26-24-10-6-5-9-22(24)16-23-15-20-7-3-4-8-21(20)17-25(23)26/h3-17H,2H2,1H3. The molecule has 0 atom stereocenters. The summed E-state index contributed by atoms with van der Waals surface area (Å²) < 4.78 is 5.12. The lowest BCUT2D eigenvalue weighted by molar-refractivity contribution is 0.0526. The maximum absolute atomic E-state index is 12.0. The van der Waals surface area contributed by atoms with E-state index in [4.69, 9.17) is 4.74 Å². The molecular formula is C27H20O2. The molecule has 0 unspecified atom stereocenters. The molecule has 0 N–H and O–H groups in total. The zero-order valence-electron chi connectivity index (χ0n) is 16.2. The Hall–Kier alpha value is -3.65. The zero-order valence-corrected chi connectivity index (χ0v) is 16.2. The molecule has 0 bridgehead atoms. The summed E-state index contributed by atoms with van der Waals surface area (Å²) in [5.41, 5.74) is 2.86. The summed E-state index contributed by atoms with van der Waals surface area (Å²) in [7, 11) is 0. The first-order valence-corrected chi connectivity index (χ1v) is 9.86. The minimum atomic E-state index is -0.284. The summed E-state index contributed by atoms with van der Waals surface area (Å²) in [6.45, 7) is 2.19. The molecule has 0 saturated heterocycles.